The van der Waals surface area contributed by atoms with Gasteiger partial charge in [0.1, 0.15) is 0 Å². The van der Waals surface area contributed by atoms with Crippen molar-refractivity contribution >= 4 is 12.4 Å². The molecule has 0 aliphatic carbocycles. The average molecular weight is 443 g/mol. The van der Waals surface area contributed by atoms with E-state index in [4.69, 9.17) is 9.47 Å². The number of nitrogens with zero attached hydrogens (tertiary/aromatic N) is 2. The molecule has 0 fully saturated rings. The van der Waals surface area contributed by atoms with Crippen molar-refractivity contribution in [3.05, 3.63) is 47.5 Å². The number of phenols is 2. The fourth-order valence-electron chi connectivity index (χ4n) is 2.39. The third-order valence-electron chi connectivity index (χ3n) is 5.05. The second-order valence-electron chi connectivity index (χ2n) is 7.43. The Hall–Kier alpha value is -2.51. The summed E-state index contributed by atoms with van der Waals surface area (Å²) in [4.78, 5) is 9.32. The zero-order valence-corrected chi connectivity index (χ0v) is 18.6. The Labute approximate surface area is 182 Å². The van der Waals surface area contributed by atoms with Gasteiger partial charge >= 0.3 is 0 Å². The summed E-state index contributed by atoms with van der Waals surface area (Å²) in [7, 11) is 3.01. The molecule has 0 atom stereocenters. The van der Waals surface area contributed by atoms with E-state index in [9.17, 15) is 10.2 Å². The summed E-state index contributed by atoms with van der Waals surface area (Å²) in [6, 6.07) is 10.5. The first-order chi connectivity index (χ1) is 13.1. The van der Waals surface area contributed by atoms with E-state index >= 15 is 0 Å². The van der Waals surface area contributed by atoms with Crippen LogP contribution in [0.5, 0.6) is 23.0 Å². The molecule has 0 saturated heterocycles. The Balaban J connectivity index is 0.00000420. The van der Waals surface area contributed by atoms with Crippen molar-refractivity contribution in [2.45, 2.75) is 38.8 Å². The van der Waals surface area contributed by atoms with Crippen molar-refractivity contribution in [2.24, 2.45) is 9.98 Å². The van der Waals surface area contributed by atoms with E-state index < -0.39 is 11.1 Å². The number of methoxy groups -OCH3 is 2. The summed E-state index contributed by atoms with van der Waals surface area (Å²) in [6.07, 6.45) is 3.25. The van der Waals surface area contributed by atoms with Gasteiger partial charge in [-0.1, -0.05) is 12.1 Å². The van der Waals surface area contributed by atoms with Gasteiger partial charge in [0.05, 0.1) is 25.3 Å². The van der Waals surface area contributed by atoms with Crippen LogP contribution < -0.4 is 9.47 Å². The van der Waals surface area contributed by atoms with Crippen LogP contribution in [0.1, 0.15) is 38.8 Å². The second kappa shape index (κ2) is 9.80. The summed E-state index contributed by atoms with van der Waals surface area (Å²) in [5.74, 6) is 0.888. The van der Waals surface area contributed by atoms with Crippen LogP contribution in [-0.4, -0.2) is 47.9 Å². The molecule has 29 heavy (non-hydrogen) atoms. The van der Waals surface area contributed by atoms with Crippen LogP contribution in [0.2, 0.25) is 0 Å². The topological polar surface area (TPSA) is 83.6 Å². The molecule has 0 unspecified atom stereocenters. The van der Waals surface area contributed by atoms with Crippen molar-refractivity contribution in [1.82, 2.24) is 0 Å². The predicted molar refractivity (Wildman–Crippen MR) is 113 cm³/mol. The fraction of sp³-hybridized carbons (Fsp3) is 0.364. The minimum absolute atomic E-state index is 0. The predicted octanol–water partition coefficient (Wildman–Crippen LogP) is 4.21. The monoisotopic (exact) mass is 443 g/mol. The molecule has 0 aromatic heterocycles. The first kappa shape index (κ1) is 24.5. The molecule has 0 amide bonds. The smallest absolute Gasteiger partial charge is 0.166 e. The Kier molecular flexibility index (Phi) is 8.29. The normalized spacial score (nSPS) is 12.2. The Morgan fingerprint density at radius 1 is 0.724 bits per heavy atom. The summed E-state index contributed by atoms with van der Waals surface area (Å²) in [5.41, 5.74) is -0.0450. The van der Waals surface area contributed by atoms with E-state index in [-0.39, 0.29) is 28.3 Å². The van der Waals surface area contributed by atoms with Gasteiger partial charge in [0, 0.05) is 40.3 Å². The number of phenolic OH excluding ortho intramolecular Hbond substituents is 2. The van der Waals surface area contributed by atoms with Crippen LogP contribution in [0.3, 0.4) is 0 Å². The SMILES string of the molecule is COc1cccc(C=NC(C)(C)C(C)(C)N=Cc2cccc(OC)c2O)c1O.[Co]. The van der Waals surface area contributed by atoms with E-state index in [1.54, 1.807) is 48.8 Å². The molecule has 0 spiro atoms. The molecule has 2 rings (SSSR count). The molecule has 0 saturated carbocycles. The molecule has 1 radical (unpaired) electrons. The van der Waals surface area contributed by atoms with Crippen molar-refractivity contribution in [1.29, 1.82) is 0 Å². The molecule has 6 nitrogen and oxygen atoms in total. The minimum Gasteiger partial charge on any atom is -0.504 e. The van der Waals surface area contributed by atoms with E-state index in [1.807, 2.05) is 27.7 Å². The van der Waals surface area contributed by atoms with Crippen molar-refractivity contribution in [3.8, 4) is 23.0 Å². The average Bonchev–Trinajstić information content (AvgIpc) is 2.66. The third-order valence-corrected chi connectivity index (χ3v) is 5.05. The maximum Gasteiger partial charge on any atom is 0.166 e. The standard InChI is InChI=1S/C22H28N2O4.Co/c1-21(2,23-13-15-9-7-11-17(27-5)19(15)25)22(3,4)24-14-16-10-8-12-18(28-6)20(16)26;/h7-14,25-26H,1-6H3;. The number of para-hydroxylation sites is 2. The zero-order valence-electron chi connectivity index (χ0n) is 17.6. The molecule has 7 heteroatoms. The minimum atomic E-state index is -0.590. The van der Waals surface area contributed by atoms with E-state index in [0.29, 0.717) is 22.6 Å². The second-order valence-corrected chi connectivity index (χ2v) is 7.43. The maximum atomic E-state index is 10.2. The van der Waals surface area contributed by atoms with Gasteiger partial charge in [-0.3, -0.25) is 9.98 Å². The van der Waals surface area contributed by atoms with E-state index in [2.05, 4.69) is 9.98 Å². The van der Waals surface area contributed by atoms with Gasteiger partial charge in [-0.25, -0.2) is 0 Å². The Morgan fingerprint density at radius 3 is 1.38 bits per heavy atom. The van der Waals surface area contributed by atoms with Crippen LogP contribution >= 0.6 is 0 Å². The quantitative estimate of drug-likeness (QED) is 0.628. The third kappa shape index (κ3) is 5.52. The number of hydrogen-bond acceptors (Lipinski definition) is 6. The summed E-state index contributed by atoms with van der Waals surface area (Å²) < 4.78 is 10.3. The van der Waals surface area contributed by atoms with Crippen molar-refractivity contribution in [3.63, 3.8) is 0 Å². The molecule has 0 aliphatic heterocycles. The number of hydrogen-bond donors (Lipinski definition) is 2. The largest absolute Gasteiger partial charge is 0.504 e. The van der Waals surface area contributed by atoms with Gasteiger partial charge in [-0.2, -0.15) is 0 Å². The molecule has 159 valence electrons. The van der Waals surface area contributed by atoms with Crippen LogP contribution in [0, 0.1) is 0 Å². The number of ether oxygens (including phenoxy) is 2. The van der Waals surface area contributed by atoms with Gasteiger partial charge in [0.15, 0.2) is 23.0 Å². The summed E-state index contributed by atoms with van der Waals surface area (Å²) in [6.45, 7) is 7.85. The van der Waals surface area contributed by atoms with Gasteiger partial charge in [0.2, 0.25) is 0 Å². The molecule has 0 bridgehead atoms. The van der Waals surface area contributed by atoms with Crippen molar-refractivity contribution < 1.29 is 36.5 Å². The number of aromatic hydroxyl groups is 2. The Morgan fingerprint density at radius 2 is 1.07 bits per heavy atom. The summed E-state index contributed by atoms with van der Waals surface area (Å²) >= 11 is 0. The number of aliphatic imine (C=N–C) groups is 2. The van der Waals surface area contributed by atoms with Gasteiger partial charge < -0.3 is 19.7 Å². The summed E-state index contributed by atoms with van der Waals surface area (Å²) in [5, 5.41) is 20.5. The molecule has 2 aromatic carbocycles. The van der Waals surface area contributed by atoms with E-state index in [0.717, 1.165) is 0 Å². The van der Waals surface area contributed by atoms with Crippen molar-refractivity contribution in [2.75, 3.05) is 14.2 Å². The number of rotatable bonds is 7. The molecule has 0 aliphatic rings. The van der Waals surface area contributed by atoms with E-state index in [1.165, 1.54) is 14.2 Å². The molecule has 2 N–H and O–H groups in total. The first-order valence-corrected chi connectivity index (χ1v) is 8.95. The van der Waals surface area contributed by atoms with Crippen LogP contribution in [-0.2, 0) is 16.8 Å². The first-order valence-electron chi connectivity index (χ1n) is 8.95. The molecule has 2 aromatic rings. The zero-order chi connectivity index (χ0) is 20.9. The molecule has 0 heterocycles. The molecular weight excluding hydrogens is 415 g/mol. The van der Waals surface area contributed by atoms with Crippen LogP contribution in [0.25, 0.3) is 0 Å². The van der Waals surface area contributed by atoms with Gasteiger partial charge in [-0.05, 0) is 52.0 Å². The van der Waals surface area contributed by atoms with Gasteiger partial charge in [-0.15, -0.1) is 0 Å². The maximum absolute atomic E-state index is 10.2. The van der Waals surface area contributed by atoms with Crippen LogP contribution in [0.4, 0.5) is 0 Å². The fourth-order valence-corrected chi connectivity index (χ4v) is 2.39. The Bertz CT molecular complexity index is 819. The number of benzene rings is 2. The van der Waals surface area contributed by atoms with Gasteiger partial charge in [0.25, 0.3) is 0 Å². The molecular formula is C22H28CoN2O4. The van der Waals surface area contributed by atoms with Crippen LogP contribution in [0.15, 0.2) is 46.4 Å².